The smallest absolute Gasteiger partial charge is 0.410 e. The molecule has 5 heteroatoms. The maximum atomic E-state index is 13.3. The predicted octanol–water partition coefficient (Wildman–Crippen LogP) is 5.95. The second kappa shape index (κ2) is 10.3. The van der Waals surface area contributed by atoms with E-state index in [1.807, 2.05) is 4.90 Å². The summed E-state index contributed by atoms with van der Waals surface area (Å²) in [6.45, 7) is 1.06. The lowest BCUT2D eigenvalue weighted by Gasteiger charge is -2.47. The molecule has 0 spiro atoms. The minimum atomic E-state index is -0.206. The highest BCUT2D eigenvalue weighted by atomic mass is 16.6. The monoisotopic (exact) mass is 461 g/mol. The summed E-state index contributed by atoms with van der Waals surface area (Å²) in [7, 11) is 1.70. The molecule has 2 bridgehead atoms. The number of fused-ring (bicyclic) bond motifs is 5. The summed E-state index contributed by atoms with van der Waals surface area (Å²) in [6.07, 6.45) is 6.84. The number of ether oxygens (including phenoxy) is 2. The number of rotatable bonds is 8. The van der Waals surface area contributed by atoms with Crippen molar-refractivity contribution in [3.63, 3.8) is 0 Å². The van der Waals surface area contributed by atoms with Gasteiger partial charge in [0, 0.05) is 44.1 Å². The fourth-order valence-corrected chi connectivity index (χ4v) is 6.36. The van der Waals surface area contributed by atoms with Gasteiger partial charge in [-0.05, 0) is 67.2 Å². The molecule has 2 heterocycles. The summed E-state index contributed by atoms with van der Waals surface area (Å²) in [5.41, 5.74) is 4.94. The van der Waals surface area contributed by atoms with E-state index in [0.717, 1.165) is 44.9 Å². The highest BCUT2D eigenvalue weighted by Crippen LogP contribution is 2.45. The third kappa shape index (κ3) is 4.50. The number of ketones is 1. The molecule has 2 aromatic carbocycles. The number of methoxy groups -OCH3 is 1. The zero-order valence-corrected chi connectivity index (χ0v) is 20.1. The Hall–Kier alpha value is -2.66. The first kappa shape index (κ1) is 23.1. The fourth-order valence-electron chi connectivity index (χ4n) is 6.36. The van der Waals surface area contributed by atoms with Gasteiger partial charge in [0.1, 0.15) is 12.4 Å². The first-order chi connectivity index (χ1) is 16.7. The molecule has 2 unspecified atom stereocenters. The number of carbonyl (C=O) groups is 2. The standard InChI is InChI=1S/C29H35NO4/c1-33-16-7-6-15-28(31)20-17-21-9-8-10-22(18-20)30(21)29(32)34-19-27-25-13-4-2-11-23(25)24-12-3-5-14-26(24)27/h2-5,11-14,20-22,27H,6-10,15-19H2,1H3. The molecule has 5 rings (SSSR count). The van der Waals surface area contributed by atoms with E-state index in [9.17, 15) is 9.59 Å². The summed E-state index contributed by atoms with van der Waals surface area (Å²) in [5, 5.41) is 0. The molecule has 2 atom stereocenters. The fraction of sp³-hybridized carbons (Fsp3) is 0.517. The molecule has 2 aromatic rings. The molecule has 1 aliphatic carbocycles. The number of amides is 1. The molecular weight excluding hydrogens is 426 g/mol. The molecule has 2 fully saturated rings. The topological polar surface area (TPSA) is 55.8 Å². The van der Waals surface area contributed by atoms with E-state index in [1.165, 1.54) is 22.3 Å². The van der Waals surface area contributed by atoms with Crippen LogP contribution >= 0.6 is 0 Å². The van der Waals surface area contributed by atoms with Crippen LogP contribution < -0.4 is 0 Å². The first-order valence-corrected chi connectivity index (χ1v) is 12.8. The summed E-state index contributed by atoms with van der Waals surface area (Å²) < 4.78 is 11.1. The van der Waals surface area contributed by atoms with Crippen LogP contribution in [0.1, 0.15) is 68.4 Å². The second-order valence-electron chi connectivity index (χ2n) is 10.0. The van der Waals surface area contributed by atoms with Crippen molar-refractivity contribution in [1.82, 2.24) is 4.90 Å². The van der Waals surface area contributed by atoms with Crippen LogP contribution in [0.2, 0.25) is 0 Å². The van der Waals surface area contributed by atoms with Gasteiger partial charge in [0.2, 0.25) is 0 Å². The average Bonchev–Trinajstić information content (AvgIpc) is 3.18. The molecule has 180 valence electrons. The average molecular weight is 462 g/mol. The van der Waals surface area contributed by atoms with Crippen LogP contribution in [0.3, 0.4) is 0 Å². The van der Waals surface area contributed by atoms with E-state index < -0.39 is 0 Å². The van der Waals surface area contributed by atoms with Gasteiger partial charge in [-0.1, -0.05) is 48.5 Å². The Balaban J connectivity index is 1.23. The molecule has 1 amide bonds. The molecule has 5 nitrogen and oxygen atoms in total. The van der Waals surface area contributed by atoms with E-state index in [1.54, 1.807) is 7.11 Å². The molecule has 0 radical (unpaired) electrons. The maximum Gasteiger partial charge on any atom is 0.410 e. The van der Waals surface area contributed by atoms with E-state index in [-0.39, 0.29) is 30.0 Å². The lowest BCUT2D eigenvalue weighted by Crippen LogP contribution is -2.55. The zero-order chi connectivity index (χ0) is 23.5. The Kier molecular flexibility index (Phi) is 7.00. The van der Waals surface area contributed by atoms with E-state index >= 15 is 0 Å². The number of hydrogen-bond donors (Lipinski definition) is 0. The Bertz CT molecular complexity index is 975. The Labute approximate surface area is 202 Å². The van der Waals surface area contributed by atoms with Crippen molar-refractivity contribution in [2.45, 2.75) is 69.4 Å². The van der Waals surface area contributed by atoms with E-state index in [4.69, 9.17) is 9.47 Å². The third-order valence-corrected chi connectivity index (χ3v) is 8.00. The number of hydrogen-bond acceptors (Lipinski definition) is 4. The van der Waals surface area contributed by atoms with Crippen LogP contribution in [-0.4, -0.2) is 49.2 Å². The number of piperidine rings is 2. The number of carbonyl (C=O) groups excluding carboxylic acids is 2. The van der Waals surface area contributed by atoms with Crippen LogP contribution in [0, 0.1) is 5.92 Å². The number of nitrogens with zero attached hydrogens (tertiary/aromatic N) is 1. The summed E-state index contributed by atoms with van der Waals surface area (Å²) in [6, 6.07) is 17.1. The SMILES string of the molecule is COCCCCC(=O)C1CC2CCCC(C1)N2C(=O)OCC1c2ccccc2-c2ccccc21. The highest BCUT2D eigenvalue weighted by molar-refractivity contribution is 5.82. The van der Waals surface area contributed by atoms with Crippen LogP contribution in [0.4, 0.5) is 4.79 Å². The normalized spacial score (nSPS) is 23.3. The molecule has 3 aliphatic rings. The molecule has 2 aliphatic heterocycles. The van der Waals surface area contributed by atoms with Crippen molar-refractivity contribution in [3.05, 3.63) is 59.7 Å². The maximum absolute atomic E-state index is 13.3. The van der Waals surface area contributed by atoms with Gasteiger partial charge >= 0.3 is 6.09 Å². The molecular formula is C29H35NO4. The van der Waals surface area contributed by atoms with Gasteiger partial charge in [-0.2, -0.15) is 0 Å². The number of Topliss-reactive ketones (excluding diaryl/α,β-unsaturated/α-hetero) is 1. The van der Waals surface area contributed by atoms with Gasteiger partial charge in [0.25, 0.3) is 0 Å². The van der Waals surface area contributed by atoms with Gasteiger partial charge in [-0.15, -0.1) is 0 Å². The highest BCUT2D eigenvalue weighted by Gasteiger charge is 2.43. The molecule has 0 N–H and O–H groups in total. The summed E-state index contributed by atoms with van der Waals surface area (Å²) in [4.78, 5) is 28.1. The lowest BCUT2D eigenvalue weighted by atomic mass is 9.76. The minimum absolute atomic E-state index is 0.0717. The van der Waals surface area contributed by atoms with E-state index in [0.29, 0.717) is 25.4 Å². The van der Waals surface area contributed by atoms with Crippen molar-refractivity contribution < 1.29 is 19.1 Å². The Morgan fingerprint density at radius 2 is 1.53 bits per heavy atom. The van der Waals surface area contributed by atoms with Crippen LogP contribution in [0.25, 0.3) is 11.1 Å². The van der Waals surface area contributed by atoms with Gasteiger partial charge in [-0.25, -0.2) is 4.79 Å². The molecule has 0 aromatic heterocycles. The van der Waals surface area contributed by atoms with Crippen molar-refractivity contribution in [3.8, 4) is 11.1 Å². The van der Waals surface area contributed by atoms with Gasteiger partial charge in [-0.3, -0.25) is 4.79 Å². The predicted molar refractivity (Wildman–Crippen MR) is 132 cm³/mol. The number of benzene rings is 2. The third-order valence-electron chi connectivity index (χ3n) is 8.00. The van der Waals surface area contributed by atoms with Crippen molar-refractivity contribution in [2.24, 2.45) is 5.92 Å². The van der Waals surface area contributed by atoms with Crippen molar-refractivity contribution >= 4 is 11.9 Å². The first-order valence-electron chi connectivity index (χ1n) is 12.8. The van der Waals surface area contributed by atoms with Gasteiger partial charge in [0.05, 0.1) is 0 Å². The molecule has 34 heavy (non-hydrogen) atoms. The quantitative estimate of drug-likeness (QED) is 0.456. The van der Waals surface area contributed by atoms with Crippen molar-refractivity contribution in [1.29, 1.82) is 0 Å². The second-order valence-corrected chi connectivity index (χ2v) is 10.0. The number of unbranched alkanes of at least 4 members (excludes halogenated alkanes) is 1. The molecule has 2 saturated heterocycles. The van der Waals surface area contributed by atoms with Crippen LogP contribution in [0.5, 0.6) is 0 Å². The largest absolute Gasteiger partial charge is 0.448 e. The Morgan fingerprint density at radius 1 is 0.912 bits per heavy atom. The van der Waals surface area contributed by atoms with Crippen molar-refractivity contribution in [2.75, 3.05) is 20.3 Å². The van der Waals surface area contributed by atoms with Crippen LogP contribution in [-0.2, 0) is 14.3 Å². The lowest BCUT2D eigenvalue weighted by molar-refractivity contribution is -0.126. The van der Waals surface area contributed by atoms with Gasteiger partial charge < -0.3 is 14.4 Å². The summed E-state index contributed by atoms with van der Waals surface area (Å²) >= 11 is 0. The van der Waals surface area contributed by atoms with Crippen LogP contribution in [0.15, 0.2) is 48.5 Å². The minimum Gasteiger partial charge on any atom is -0.448 e. The van der Waals surface area contributed by atoms with Gasteiger partial charge in [0.15, 0.2) is 0 Å². The molecule has 0 saturated carbocycles. The summed E-state index contributed by atoms with van der Waals surface area (Å²) in [5.74, 6) is 0.512. The Morgan fingerprint density at radius 3 is 2.15 bits per heavy atom. The van der Waals surface area contributed by atoms with E-state index in [2.05, 4.69) is 48.5 Å². The zero-order valence-electron chi connectivity index (χ0n) is 20.1.